The Bertz CT molecular complexity index is 355. The van der Waals surface area contributed by atoms with E-state index in [9.17, 15) is 10.2 Å². The van der Waals surface area contributed by atoms with Gasteiger partial charge >= 0.3 is 0 Å². The Morgan fingerprint density at radius 1 is 1.20 bits per heavy atom. The van der Waals surface area contributed by atoms with Gasteiger partial charge in [-0.3, -0.25) is 0 Å². The van der Waals surface area contributed by atoms with Crippen molar-refractivity contribution in [3.8, 4) is 5.75 Å². The predicted octanol–water partition coefficient (Wildman–Crippen LogP) is 2.47. The molecule has 2 rings (SSSR count). The van der Waals surface area contributed by atoms with Crippen molar-refractivity contribution in [3.63, 3.8) is 0 Å². The molecule has 0 unspecified atom stereocenters. The van der Waals surface area contributed by atoms with Gasteiger partial charge in [-0.2, -0.15) is 0 Å². The Hall–Kier alpha value is -1.02. The van der Waals surface area contributed by atoms with Gasteiger partial charge < -0.3 is 10.2 Å². The number of benzene rings is 1. The minimum Gasteiger partial charge on any atom is -0.507 e. The Balaban J connectivity index is 2.08. The molecule has 1 aromatic rings. The molecule has 0 atom stereocenters. The molecule has 1 fully saturated rings. The van der Waals surface area contributed by atoms with E-state index in [-0.39, 0.29) is 5.60 Å². The van der Waals surface area contributed by atoms with Crippen LogP contribution in [0.2, 0.25) is 0 Å². The van der Waals surface area contributed by atoms with Crippen LogP contribution in [0, 0.1) is 13.8 Å². The van der Waals surface area contributed by atoms with Crippen LogP contribution in [0.3, 0.4) is 0 Å². The van der Waals surface area contributed by atoms with E-state index in [1.807, 2.05) is 26.0 Å². The molecule has 2 heteroatoms. The number of phenols is 1. The van der Waals surface area contributed by atoms with Crippen LogP contribution in [0.15, 0.2) is 12.1 Å². The van der Waals surface area contributed by atoms with Crippen LogP contribution in [0.25, 0.3) is 0 Å². The summed E-state index contributed by atoms with van der Waals surface area (Å²) in [5.74, 6) is 0.392. The van der Waals surface area contributed by atoms with E-state index in [4.69, 9.17) is 0 Å². The lowest BCUT2D eigenvalue weighted by Crippen LogP contribution is -2.07. The molecule has 15 heavy (non-hydrogen) atoms. The fourth-order valence-corrected chi connectivity index (χ4v) is 1.96. The average molecular weight is 206 g/mol. The molecule has 0 aromatic heterocycles. The summed E-state index contributed by atoms with van der Waals surface area (Å²) in [5, 5.41) is 19.4. The van der Waals surface area contributed by atoms with E-state index < -0.39 is 0 Å². The maximum atomic E-state index is 9.73. The molecule has 0 aliphatic heterocycles. The normalized spacial score (nSPS) is 17.8. The number of phenolic OH excluding ortho intramolecular Hbond substituents is 1. The van der Waals surface area contributed by atoms with Crippen molar-refractivity contribution in [1.82, 2.24) is 0 Å². The minimum absolute atomic E-state index is 0.375. The zero-order chi connectivity index (χ0) is 11.1. The van der Waals surface area contributed by atoms with Crippen molar-refractivity contribution in [2.75, 3.05) is 0 Å². The highest BCUT2D eigenvalue weighted by atomic mass is 16.3. The van der Waals surface area contributed by atoms with Gasteiger partial charge in [-0.05, 0) is 56.2 Å². The highest BCUT2D eigenvalue weighted by molar-refractivity contribution is 5.42. The molecule has 0 amide bonds. The van der Waals surface area contributed by atoms with Crippen molar-refractivity contribution < 1.29 is 10.2 Å². The van der Waals surface area contributed by atoms with Crippen molar-refractivity contribution in [2.24, 2.45) is 0 Å². The third-order valence-corrected chi connectivity index (χ3v) is 3.26. The average Bonchev–Trinajstić information content (AvgIpc) is 2.90. The monoisotopic (exact) mass is 206 g/mol. The summed E-state index contributed by atoms with van der Waals surface area (Å²) in [4.78, 5) is 0. The second kappa shape index (κ2) is 3.53. The van der Waals surface area contributed by atoms with Gasteiger partial charge in [0, 0.05) is 0 Å². The Morgan fingerprint density at radius 2 is 1.73 bits per heavy atom. The second-order valence-electron chi connectivity index (χ2n) is 4.80. The Kier molecular flexibility index (Phi) is 2.47. The second-order valence-corrected chi connectivity index (χ2v) is 4.80. The molecule has 1 saturated carbocycles. The molecule has 0 radical (unpaired) electrons. The smallest absolute Gasteiger partial charge is 0.121 e. The van der Waals surface area contributed by atoms with Gasteiger partial charge in [-0.15, -0.1) is 0 Å². The lowest BCUT2D eigenvalue weighted by Gasteiger charge is -2.10. The van der Waals surface area contributed by atoms with E-state index in [1.165, 1.54) is 5.56 Å². The summed E-state index contributed by atoms with van der Waals surface area (Å²) in [6.45, 7) is 3.83. The number of hydrogen-bond donors (Lipinski definition) is 2. The summed E-state index contributed by atoms with van der Waals surface area (Å²) in [5.41, 5.74) is 2.68. The first-order valence-corrected chi connectivity index (χ1v) is 5.52. The van der Waals surface area contributed by atoms with Gasteiger partial charge in [0.2, 0.25) is 0 Å². The molecule has 0 bridgehead atoms. The highest BCUT2D eigenvalue weighted by Gasteiger charge is 2.39. The maximum absolute atomic E-state index is 9.73. The summed E-state index contributed by atoms with van der Waals surface area (Å²) < 4.78 is 0. The molecule has 1 aromatic carbocycles. The lowest BCUT2D eigenvalue weighted by atomic mass is 10.0. The Labute approximate surface area is 90.6 Å². The van der Waals surface area contributed by atoms with Crippen molar-refractivity contribution in [3.05, 3.63) is 28.8 Å². The lowest BCUT2D eigenvalue weighted by molar-refractivity contribution is 0.140. The van der Waals surface area contributed by atoms with E-state index in [0.29, 0.717) is 5.75 Å². The number of hydrogen-bond acceptors (Lipinski definition) is 2. The van der Waals surface area contributed by atoms with Gasteiger partial charge in [0.15, 0.2) is 0 Å². The van der Waals surface area contributed by atoms with Crippen LogP contribution in [-0.2, 0) is 6.42 Å². The Morgan fingerprint density at radius 3 is 2.20 bits per heavy atom. The van der Waals surface area contributed by atoms with Crippen LogP contribution < -0.4 is 0 Å². The van der Waals surface area contributed by atoms with Gasteiger partial charge in [0.25, 0.3) is 0 Å². The first-order chi connectivity index (χ1) is 7.00. The molecular weight excluding hydrogens is 188 g/mol. The molecule has 1 aliphatic rings. The van der Waals surface area contributed by atoms with Gasteiger partial charge in [0.05, 0.1) is 5.60 Å². The van der Waals surface area contributed by atoms with Crippen molar-refractivity contribution in [1.29, 1.82) is 0 Å². The number of aliphatic hydroxyl groups is 1. The van der Waals surface area contributed by atoms with E-state index in [0.717, 1.165) is 36.8 Å². The standard InChI is InChI=1S/C13H18O2/c1-9-7-11(8-10(2)12(9)14)3-4-13(15)5-6-13/h7-8,14-15H,3-6H2,1-2H3. The quantitative estimate of drug-likeness (QED) is 0.797. The van der Waals surface area contributed by atoms with Crippen LogP contribution in [0.1, 0.15) is 36.0 Å². The fraction of sp³-hybridized carbons (Fsp3) is 0.538. The van der Waals surface area contributed by atoms with Crippen LogP contribution in [-0.4, -0.2) is 15.8 Å². The van der Waals surface area contributed by atoms with E-state index in [2.05, 4.69) is 0 Å². The molecule has 0 spiro atoms. The largest absolute Gasteiger partial charge is 0.507 e. The van der Waals surface area contributed by atoms with Gasteiger partial charge in [-0.1, -0.05) is 12.1 Å². The van der Waals surface area contributed by atoms with Crippen LogP contribution in [0.4, 0.5) is 0 Å². The predicted molar refractivity (Wildman–Crippen MR) is 60.1 cm³/mol. The maximum Gasteiger partial charge on any atom is 0.121 e. The SMILES string of the molecule is Cc1cc(CCC2(O)CC2)cc(C)c1O. The molecule has 1 aliphatic carbocycles. The first kappa shape index (κ1) is 10.5. The van der Waals surface area contributed by atoms with E-state index in [1.54, 1.807) is 0 Å². The molecule has 2 nitrogen and oxygen atoms in total. The zero-order valence-corrected chi connectivity index (χ0v) is 9.38. The summed E-state index contributed by atoms with van der Waals surface area (Å²) >= 11 is 0. The zero-order valence-electron chi connectivity index (χ0n) is 9.38. The third kappa shape index (κ3) is 2.32. The van der Waals surface area contributed by atoms with Crippen molar-refractivity contribution >= 4 is 0 Å². The third-order valence-electron chi connectivity index (χ3n) is 3.26. The van der Waals surface area contributed by atoms with Crippen LogP contribution >= 0.6 is 0 Å². The van der Waals surface area contributed by atoms with E-state index >= 15 is 0 Å². The minimum atomic E-state index is -0.375. The molecule has 0 saturated heterocycles. The van der Waals surface area contributed by atoms with Gasteiger partial charge in [-0.25, -0.2) is 0 Å². The first-order valence-electron chi connectivity index (χ1n) is 5.52. The van der Waals surface area contributed by atoms with Crippen molar-refractivity contribution in [2.45, 2.75) is 45.1 Å². The molecule has 82 valence electrons. The summed E-state index contributed by atoms with van der Waals surface area (Å²) in [7, 11) is 0. The highest BCUT2D eigenvalue weighted by Crippen LogP contribution is 2.39. The molecule has 2 N–H and O–H groups in total. The number of aromatic hydroxyl groups is 1. The topological polar surface area (TPSA) is 40.5 Å². The number of rotatable bonds is 3. The molecule has 0 heterocycles. The van der Waals surface area contributed by atoms with Crippen LogP contribution in [0.5, 0.6) is 5.75 Å². The fourth-order valence-electron chi connectivity index (χ4n) is 1.96. The molecular formula is C13H18O2. The van der Waals surface area contributed by atoms with Gasteiger partial charge in [0.1, 0.15) is 5.75 Å². The summed E-state index contributed by atoms with van der Waals surface area (Å²) in [6.07, 6.45) is 3.64. The summed E-state index contributed by atoms with van der Waals surface area (Å²) in [6, 6.07) is 4.02. The number of aryl methyl sites for hydroxylation is 3.